The highest BCUT2D eigenvalue weighted by atomic mass is 35.5. The maximum Gasteiger partial charge on any atom is 0.339 e. The van der Waals surface area contributed by atoms with Gasteiger partial charge in [-0.1, -0.05) is 23.2 Å². The normalized spacial score (nSPS) is 10.4. The maximum absolute atomic E-state index is 11.6. The average molecular weight is 371 g/mol. The molecule has 1 aromatic carbocycles. The molecule has 0 saturated carbocycles. The average Bonchev–Trinajstić information content (AvgIpc) is 2.54. The van der Waals surface area contributed by atoms with Crippen LogP contribution in [0, 0.1) is 0 Å². The van der Waals surface area contributed by atoms with E-state index in [0.717, 1.165) is 15.7 Å². The lowest BCUT2D eigenvalue weighted by Crippen LogP contribution is -2.09. The molecular formula is C16H16Cl2N2O2S. The number of rotatable bonds is 7. The van der Waals surface area contributed by atoms with Gasteiger partial charge in [0.1, 0.15) is 5.82 Å². The first-order chi connectivity index (χ1) is 11.1. The van der Waals surface area contributed by atoms with E-state index < -0.39 is 5.97 Å². The molecule has 7 heteroatoms. The molecule has 0 unspecified atom stereocenters. The Morgan fingerprint density at radius 3 is 2.70 bits per heavy atom. The van der Waals surface area contributed by atoms with Crippen LogP contribution < -0.4 is 5.32 Å². The van der Waals surface area contributed by atoms with Crippen molar-refractivity contribution in [2.45, 2.75) is 11.8 Å². The number of carbonyl (C=O) groups is 1. The van der Waals surface area contributed by atoms with Crippen LogP contribution in [0.15, 0.2) is 41.4 Å². The van der Waals surface area contributed by atoms with Gasteiger partial charge in [0, 0.05) is 28.4 Å². The highest BCUT2D eigenvalue weighted by Gasteiger charge is 2.10. The number of carbonyl (C=O) groups excluding carboxylic acids is 1. The summed E-state index contributed by atoms with van der Waals surface area (Å²) in [5, 5.41) is 4.27. The zero-order valence-electron chi connectivity index (χ0n) is 12.5. The summed E-state index contributed by atoms with van der Waals surface area (Å²) in [6.45, 7) is 2.76. The van der Waals surface area contributed by atoms with Crippen LogP contribution in [-0.2, 0) is 4.74 Å². The fourth-order valence-corrected chi connectivity index (χ4v) is 2.89. The Morgan fingerprint density at radius 2 is 2.04 bits per heavy atom. The number of halogens is 2. The summed E-state index contributed by atoms with van der Waals surface area (Å²) in [5.41, 5.74) is 0.345. The molecule has 0 radical (unpaired) electrons. The van der Waals surface area contributed by atoms with Crippen molar-refractivity contribution >= 4 is 46.8 Å². The lowest BCUT2D eigenvalue weighted by atomic mass is 10.3. The van der Waals surface area contributed by atoms with Crippen molar-refractivity contribution in [3.05, 3.63) is 52.1 Å². The molecule has 122 valence electrons. The minimum absolute atomic E-state index is 0.318. The van der Waals surface area contributed by atoms with Crippen molar-refractivity contribution in [1.29, 1.82) is 0 Å². The van der Waals surface area contributed by atoms with Gasteiger partial charge in [0.2, 0.25) is 0 Å². The summed E-state index contributed by atoms with van der Waals surface area (Å²) in [6, 6.07) is 9.24. The Labute approximate surface area is 149 Å². The number of esters is 1. The molecule has 1 N–H and O–H groups in total. The Bertz CT molecular complexity index is 666. The molecule has 23 heavy (non-hydrogen) atoms. The molecular weight excluding hydrogens is 355 g/mol. The fourth-order valence-electron chi connectivity index (χ4n) is 1.76. The molecule has 0 aliphatic heterocycles. The molecule has 2 rings (SSSR count). The molecule has 1 heterocycles. The van der Waals surface area contributed by atoms with E-state index in [1.165, 1.54) is 6.20 Å². The number of hydrogen-bond donors (Lipinski definition) is 1. The van der Waals surface area contributed by atoms with Crippen LogP contribution in [0.25, 0.3) is 0 Å². The van der Waals surface area contributed by atoms with E-state index in [4.69, 9.17) is 27.9 Å². The van der Waals surface area contributed by atoms with Crippen LogP contribution in [0.3, 0.4) is 0 Å². The molecule has 0 fully saturated rings. The zero-order valence-corrected chi connectivity index (χ0v) is 14.8. The summed E-state index contributed by atoms with van der Waals surface area (Å²) in [6.07, 6.45) is 1.46. The molecule has 0 atom stereocenters. The van der Waals surface area contributed by atoms with Gasteiger partial charge < -0.3 is 10.1 Å². The first-order valence-corrected chi connectivity index (χ1v) is 8.79. The predicted molar refractivity (Wildman–Crippen MR) is 95.9 cm³/mol. The third kappa shape index (κ3) is 5.61. The largest absolute Gasteiger partial charge is 0.462 e. The third-order valence-corrected chi connectivity index (χ3v) is 4.38. The summed E-state index contributed by atoms with van der Waals surface area (Å²) < 4.78 is 4.91. The lowest BCUT2D eigenvalue weighted by Gasteiger charge is -2.08. The minimum atomic E-state index is -0.424. The van der Waals surface area contributed by atoms with E-state index in [1.54, 1.807) is 24.8 Å². The minimum Gasteiger partial charge on any atom is -0.462 e. The highest BCUT2D eigenvalue weighted by molar-refractivity contribution is 7.99. The molecule has 4 nitrogen and oxygen atoms in total. The molecule has 0 aliphatic carbocycles. The number of anilines is 1. The van der Waals surface area contributed by atoms with Crippen LogP contribution in [0.5, 0.6) is 0 Å². The molecule has 2 aromatic rings. The van der Waals surface area contributed by atoms with E-state index in [0.29, 0.717) is 29.6 Å². The number of thioether (sulfide) groups is 1. The molecule has 0 aliphatic rings. The van der Waals surface area contributed by atoms with Crippen molar-refractivity contribution in [1.82, 2.24) is 4.98 Å². The van der Waals surface area contributed by atoms with Crippen LogP contribution in [0.4, 0.5) is 5.82 Å². The Hall–Kier alpha value is -1.43. The predicted octanol–water partition coefficient (Wildman–Crippen LogP) is 4.77. The second kappa shape index (κ2) is 9.01. The lowest BCUT2D eigenvalue weighted by molar-refractivity contribution is 0.0526. The second-order valence-corrected chi connectivity index (χ2v) is 6.52. The van der Waals surface area contributed by atoms with Crippen LogP contribution in [0.1, 0.15) is 17.3 Å². The maximum atomic E-state index is 11.6. The van der Waals surface area contributed by atoms with Gasteiger partial charge in [-0.25, -0.2) is 9.78 Å². The first kappa shape index (κ1) is 17.9. The van der Waals surface area contributed by atoms with Gasteiger partial charge in [0.25, 0.3) is 0 Å². The van der Waals surface area contributed by atoms with Crippen molar-refractivity contribution in [2.24, 2.45) is 0 Å². The van der Waals surface area contributed by atoms with Crippen LogP contribution in [-0.4, -0.2) is 29.9 Å². The molecule has 1 aromatic heterocycles. The van der Waals surface area contributed by atoms with Gasteiger partial charge in [-0.3, -0.25) is 0 Å². The number of benzene rings is 1. The standard InChI is InChI=1S/C16H16Cl2N2O2S/c1-2-22-16(21)11-9-14(18)15(20-10-11)19-7-8-23-13-5-3-12(17)4-6-13/h3-6,9-10H,2,7-8H2,1H3,(H,19,20). The molecule has 0 bridgehead atoms. The van der Waals surface area contributed by atoms with Crippen LogP contribution >= 0.6 is 35.0 Å². The van der Waals surface area contributed by atoms with Gasteiger partial charge in [-0.2, -0.15) is 0 Å². The monoisotopic (exact) mass is 370 g/mol. The van der Waals surface area contributed by atoms with Gasteiger partial charge in [0.15, 0.2) is 0 Å². The Balaban J connectivity index is 1.83. The van der Waals surface area contributed by atoms with Gasteiger partial charge in [-0.15, -0.1) is 11.8 Å². The van der Waals surface area contributed by atoms with E-state index in [2.05, 4.69) is 10.3 Å². The van der Waals surface area contributed by atoms with Crippen LogP contribution in [0.2, 0.25) is 10.0 Å². The quantitative estimate of drug-likeness (QED) is 0.432. The van der Waals surface area contributed by atoms with Gasteiger partial charge in [0.05, 0.1) is 17.2 Å². The Kier molecular flexibility index (Phi) is 7.02. The summed E-state index contributed by atoms with van der Waals surface area (Å²) in [7, 11) is 0. The topological polar surface area (TPSA) is 51.2 Å². The van der Waals surface area contributed by atoms with E-state index in [9.17, 15) is 4.79 Å². The third-order valence-electron chi connectivity index (χ3n) is 2.83. The van der Waals surface area contributed by atoms with Gasteiger partial charge >= 0.3 is 5.97 Å². The number of nitrogens with zero attached hydrogens (tertiary/aromatic N) is 1. The molecule has 0 spiro atoms. The van der Waals surface area contributed by atoms with Crippen molar-refractivity contribution in [3.63, 3.8) is 0 Å². The van der Waals surface area contributed by atoms with Gasteiger partial charge in [-0.05, 0) is 37.3 Å². The summed E-state index contributed by atoms with van der Waals surface area (Å²) in [4.78, 5) is 16.9. The molecule has 0 amide bonds. The number of ether oxygens (including phenoxy) is 1. The SMILES string of the molecule is CCOC(=O)c1cnc(NCCSc2ccc(Cl)cc2)c(Cl)c1. The smallest absolute Gasteiger partial charge is 0.339 e. The van der Waals surface area contributed by atoms with E-state index in [1.807, 2.05) is 24.3 Å². The van der Waals surface area contributed by atoms with E-state index >= 15 is 0 Å². The Morgan fingerprint density at radius 1 is 1.30 bits per heavy atom. The number of aromatic nitrogens is 1. The molecule has 0 saturated heterocycles. The van der Waals surface area contributed by atoms with Crippen molar-refractivity contribution in [3.8, 4) is 0 Å². The van der Waals surface area contributed by atoms with Crippen molar-refractivity contribution < 1.29 is 9.53 Å². The summed E-state index contributed by atoms with van der Waals surface area (Å²) >= 11 is 13.7. The van der Waals surface area contributed by atoms with Crippen molar-refractivity contribution in [2.75, 3.05) is 24.2 Å². The number of nitrogens with one attached hydrogen (secondary N) is 1. The number of pyridine rings is 1. The second-order valence-electron chi connectivity index (χ2n) is 4.50. The first-order valence-electron chi connectivity index (χ1n) is 7.05. The summed E-state index contributed by atoms with van der Waals surface area (Å²) in [5.74, 6) is 0.974. The highest BCUT2D eigenvalue weighted by Crippen LogP contribution is 2.22. The zero-order chi connectivity index (χ0) is 16.7. The number of hydrogen-bond acceptors (Lipinski definition) is 5. The van der Waals surface area contributed by atoms with E-state index in [-0.39, 0.29) is 0 Å². The fraction of sp³-hybridized carbons (Fsp3) is 0.250.